The van der Waals surface area contributed by atoms with Gasteiger partial charge in [0.2, 0.25) is 0 Å². The predicted octanol–water partition coefficient (Wildman–Crippen LogP) is 3.37. The maximum Gasteiger partial charge on any atom is 0.251 e. The van der Waals surface area contributed by atoms with Crippen LogP contribution in [-0.4, -0.2) is 49.0 Å². The van der Waals surface area contributed by atoms with Crippen molar-refractivity contribution in [3.8, 4) is 17.2 Å². The van der Waals surface area contributed by atoms with E-state index in [1.807, 2.05) is 43.3 Å². The van der Waals surface area contributed by atoms with Gasteiger partial charge in [0.05, 0.1) is 18.9 Å². The number of ether oxygens (including phenoxy) is 3. The summed E-state index contributed by atoms with van der Waals surface area (Å²) in [7, 11) is 1.63. The molecule has 1 aliphatic carbocycles. The van der Waals surface area contributed by atoms with E-state index in [9.17, 15) is 9.90 Å². The molecule has 1 amide bonds. The van der Waals surface area contributed by atoms with Gasteiger partial charge in [-0.3, -0.25) is 4.79 Å². The van der Waals surface area contributed by atoms with Gasteiger partial charge in [-0.05, 0) is 75.1 Å². The van der Waals surface area contributed by atoms with E-state index < -0.39 is 5.54 Å². The molecule has 1 fully saturated rings. The Bertz CT molecular complexity index is 909. The van der Waals surface area contributed by atoms with Crippen molar-refractivity contribution in [2.45, 2.75) is 50.3 Å². The first-order chi connectivity index (χ1) is 14.9. The Morgan fingerprint density at radius 1 is 1.16 bits per heavy atom. The van der Waals surface area contributed by atoms with Crippen LogP contribution in [-0.2, 0) is 0 Å². The molecule has 2 aromatic carbocycles. The topological polar surface area (TPSA) is 89.1 Å². The number of methoxy groups -OCH3 is 1. The molecule has 1 heterocycles. The number of aliphatic hydroxyl groups is 1. The molecule has 1 unspecified atom stereocenters. The molecule has 166 valence electrons. The Balaban J connectivity index is 1.38. The molecule has 0 aromatic heterocycles. The molecule has 1 saturated carbocycles. The minimum absolute atomic E-state index is 0.104. The van der Waals surface area contributed by atoms with Crippen molar-refractivity contribution >= 4 is 11.6 Å². The SMILES string of the molecule is COc1ccc(OCC2(C)COc3ccc(C(=O)NC4CCC(O)CC4)cc3N2)cc1. The molecule has 0 spiro atoms. The van der Waals surface area contributed by atoms with Crippen LogP contribution in [0.15, 0.2) is 42.5 Å². The third kappa shape index (κ3) is 5.22. The Labute approximate surface area is 182 Å². The van der Waals surface area contributed by atoms with E-state index in [0.717, 1.165) is 48.6 Å². The van der Waals surface area contributed by atoms with Gasteiger partial charge in [0.25, 0.3) is 5.91 Å². The summed E-state index contributed by atoms with van der Waals surface area (Å²) in [5, 5.41) is 16.2. The highest BCUT2D eigenvalue weighted by Crippen LogP contribution is 2.34. The standard InChI is InChI=1S/C24H30N2O5/c1-24(14-30-20-10-8-19(29-2)9-11-20)15-31-22-12-3-16(13-21(22)26-24)23(28)25-17-4-6-18(27)7-5-17/h3,8-13,17-18,26-27H,4-7,14-15H2,1-2H3,(H,25,28). The van der Waals surface area contributed by atoms with Crippen LogP contribution in [0, 0.1) is 0 Å². The van der Waals surface area contributed by atoms with Crippen LogP contribution < -0.4 is 24.8 Å². The number of hydrogen-bond acceptors (Lipinski definition) is 6. The summed E-state index contributed by atoms with van der Waals surface area (Å²) in [4.78, 5) is 12.7. The van der Waals surface area contributed by atoms with Crippen molar-refractivity contribution in [1.82, 2.24) is 5.32 Å². The van der Waals surface area contributed by atoms with E-state index in [0.29, 0.717) is 18.8 Å². The maximum absolute atomic E-state index is 12.7. The average Bonchev–Trinajstić information content (AvgIpc) is 2.79. The van der Waals surface area contributed by atoms with E-state index in [4.69, 9.17) is 14.2 Å². The van der Waals surface area contributed by atoms with Crippen molar-refractivity contribution in [3.63, 3.8) is 0 Å². The number of carbonyl (C=O) groups is 1. The zero-order chi connectivity index (χ0) is 21.8. The van der Waals surface area contributed by atoms with Crippen LogP contribution in [0.5, 0.6) is 17.2 Å². The van der Waals surface area contributed by atoms with E-state index in [-0.39, 0.29) is 18.1 Å². The summed E-state index contributed by atoms with van der Waals surface area (Å²) in [6.45, 7) is 2.88. The quantitative estimate of drug-likeness (QED) is 0.656. The maximum atomic E-state index is 12.7. The zero-order valence-corrected chi connectivity index (χ0v) is 18.0. The Morgan fingerprint density at radius 2 is 1.87 bits per heavy atom. The summed E-state index contributed by atoms with van der Waals surface area (Å²) in [6.07, 6.45) is 2.84. The van der Waals surface area contributed by atoms with Gasteiger partial charge in [-0.2, -0.15) is 0 Å². The molecule has 0 radical (unpaired) electrons. The van der Waals surface area contributed by atoms with Crippen LogP contribution in [0.1, 0.15) is 43.0 Å². The number of hydrogen-bond donors (Lipinski definition) is 3. The van der Waals surface area contributed by atoms with Crippen LogP contribution in [0.4, 0.5) is 5.69 Å². The molecule has 1 atom stereocenters. The summed E-state index contributed by atoms with van der Waals surface area (Å²) >= 11 is 0. The second-order valence-electron chi connectivity index (χ2n) is 8.63. The molecule has 2 aliphatic rings. The molecular weight excluding hydrogens is 396 g/mol. The van der Waals surface area contributed by atoms with Gasteiger partial charge in [0.15, 0.2) is 0 Å². The number of nitrogens with one attached hydrogen (secondary N) is 2. The highest BCUT2D eigenvalue weighted by molar-refractivity contribution is 5.96. The Morgan fingerprint density at radius 3 is 2.58 bits per heavy atom. The third-order valence-corrected chi connectivity index (χ3v) is 5.87. The van der Waals surface area contributed by atoms with Crippen molar-refractivity contribution in [2.24, 2.45) is 0 Å². The first kappa shape index (κ1) is 21.3. The van der Waals surface area contributed by atoms with Crippen LogP contribution in [0.25, 0.3) is 0 Å². The molecule has 31 heavy (non-hydrogen) atoms. The number of anilines is 1. The van der Waals surface area contributed by atoms with Gasteiger partial charge in [0, 0.05) is 11.6 Å². The number of rotatable bonds is 6. The fourth-order valence-corrected chi connectivity index (χ4v) is 3.97. The lowest BCUT2D eigenvalue weighted by Crippen LogP contribution is -2.49. The van der Waals surface area contributed by atoms with Gasteiger partial charge < -0.3 is 30.0 Å². The summed E-state index contributed by atoms with van der Waals surface area (Å²) in [5.74, 6) is 2.15. The molecule has 2 aromatic rings. The molecule has 3 N–H and O–H groups in total. The third-order valence-electron chi connectivity index (χ3n) is 5.87. The van der Waals surface area contributed by atoms with Gasteiger partial charge >= 0.3 is 0 Å². The van der Waals surface area contributed by atoms with E-state index in [1.165, 1.54) is 0 Å². The second kappa shape index (κ2) is 9.06. The summed E-state index contributed by atoms with van der Waals surface area (Å²) in [5.41, 5.74) is 0.918. The van der Waals surface area contributed by atoms with Crippen molar-refractivity contribution in [1.29, 1.82) is 0 Å². The largest absolute Gasteiger partial charge is 0.497 e. The van der Waals surface area contributed by atoms with Gasteiger partial charge in [-0.15, -0.1) is 0 Å². The predicted molar refractivity (Wildman–Crippen MR) is 118 cm³/mol. The first-order valence-electron chi connectivity index (χ1n) is 10.7. The van der Waals surface area contributed by atoms with Gasteiger partial charge in [-0.25, -0.2) is 0 Å². The minimum atomic E-state index is -0.443. The lowest BCUT2D eigenvalue weighted by Gasteiger charge is -2.36. The highest BCUT2D eigenvalue weighted by Gasteiger charge is 2.32. The molecule has 1 aliphatic heterocycles. The lowest BCUT2D eigenvalue weighted by molar-refractivity contribution is 0.0867. The first-order valence-corrected chi connectivity index (χ1v) is 10.7. The molecule has 0 saturated heterocycles. The van der Waals surface area contributed by atoms with E-state index >= 15 is 0 Å². The Hall–Kier alpha value is -2.93. The highest BCUT2D eigenvalue weighted by atomic mass is 16.5. The van der Waals surface area contributed by atoms with E-state index in [1.54, 1.807) is 13.2 Å². The number of amides is 1. The molecule has 4 rings (SSSR count). The van der Waals surface area contributed by atoms with Crippen molar-refractivity contribution in [3.05, 3.63) is 48.0 Å². The molecular formula is C24H30N2O5. The van der Waals surface area contributed by atoms with Crippen LogP contribution in [0.3, 0.4) is 0 Å². The second-order valence-corrected chi connectivity index (χ2v) is 8.63. The summed E-state index contributed by atoms with van der Waals surface area (Å²) < 4.78 is 17.1. The fourth-order valence-electron chi connectivity index (χ4n) is 3.97. The fraction of sp³-hybridized carbons (Fsp3) is 0.458. The van der Waals surface area contributed by atoms with Gasteiger partial charge in [-0.1, -0.05) is 0 Å². The van der Waals surface area contributed by atoms with Crippen LogP contribution >= 0.6 is 0 Å². The summed E-state index contributed by atoms with van der Waals surface area (Å²) in [6, 6.07) is 13.0. The van der Waals surface area contributed by atoms with Gasteiger partial charge in [0.1, 0.15) is 36.0 Å². The zero-order valence-electron chi connectivity index (χ0n) is 18.0. The van der Waals surface area contributed by atoms with Crippen LogP contribution in [0.2, 0.25) is 0 Å². The minimum Gasteiger partial charge on any atom is -0.497 e. The number of aliphatic hydroxyl groups excluding tert-OH is 1. The average molecular weight is 427 g/mol. The molecule has 0 bridgehead atoms. The number of carbonyl (C=O) groups excluding carboxylic acids is 1. The molecule has 7 nitrogen and oxygen atoms in total. The van der Waals surface area contributed by atoms with E-state index in [2.05, 4.69) is 10.6 Å². The molecule has 7 heteroatoms. The smallest absolute Gasteiger partial charge is 0.251 e. The normalized spacial score (nSPS) is 24.9. The number of benzene rings is 2. The monoisotopic (exact) mass is 426 g/mol. The lowest BCUT2D eigenvalue weighted by atomic mass is 9.93. The number of fused-ring (bicyclic) bond motifs is 1. The van der Waals surface area contributed by atoms with Crippen molar-refractivity contribution in [2.75, 3.05) is 25.6 Å². The van der Waals surface area contributed by atoms with Crippen molar-refractivity contribution < 1.29 is 24.1 Å². The Kier molecular flexibility index (Phi) is 6.23.